The van der Waals surface area contributed by atoms with E-state index in [0.717, 1.165) is 44.7 Å². The Morgan fingerprint density at radius 1 is 0.867 bits per heavy atom. The summed E-state index contributed by atoms with van der Waals surface area (Å²) in [6, 6.07) is 20.3. The Bertz CT molecular complexity index is 1400. The predicted molar refractivity (Wildman–Crippen MR) is 176 cm³/mol. The highest BCUT2D eigenvalue weighted by atomic mass is 16.6. The van der Waals surface area contributed by atoms with Gasteiger partial charge in [0, 0.05) is 58.6 Å². The third-order valence-corrected chi connectivity index (χ3v) is 7.34. The predicted octanol–water partition coefficient (Wildman–Crippen LogP) is 4.68. The minimum Gasteiger partial charge on any atom is -0.444 e. The smallest absolute Gasteiger partial charge is 0.412 e. The zero-order valence-corrected chi connectivity index (χ0v) is 26.7. The lowest BCUT2D eigenvalue weighted by Gasteiger charge is -2.34. The first-order valence-electron chi connectivity index (χ1n) is 15.4. The number of hydrogen-bond donors (Lipinski definition) is 3. The Kier molecular flexibility index (Phi) is 11.9. The number of nitrogens with zero attached hydrogens (tertiary/aromatic N) is 4. The summed E-state index contributed by atoms with van der Waals surface area (Å²) in [5, 5.41) is 8.57. The number of piperazine rings is 1. The normalized spacial score (nSPS) is 14.0. The van der Waals surface area contributed by atoms with E-state index in [9.17, 15) is 14.4 Å². The Morgan fingerprint density at radius 3 is 2.18 bits per heavy atom. The molecule has 1 aliphatic rings. The van der Waals surface area contributed by atoms with Gasteiger partial charge in [0.05, 0.1) is 11.4 Å². The van der Waals surface area contributed by atoms with E-state index < -0.39 is 17.6 Å². The molecule has 0 saturated carbocycles. The molecule has 3 aromatic rings. The second-order valence-corrected chi connectivity index (χ2v) is 12.2. The van der Waals surface area contributed by atoms with Gasteiger partial charge in [-0.05, 0) is 63.6 Å². The number of ether oxygens (including phenoxy) is 1. The van der Waals surface area contributed by atoms with Gasteiger partial charge in [-0.2, -0.15) is 0 Å². The summed E-state index contributed by atoms with van der Waals surface area (Å²) in [6.07, 6.45) is 1.76. The van der Waals surface area contributed by atoms with Crippen LogP contribution in [0.5, 0.6) is 0 Å². The van der Waals surface area contributed by atoms with Crippen molar-refractivity contribution in [1.29, 1.82) is 0 Å². The lowest BCUT2D eigenvalue weighted by atomic mass is 10.1. The molecule has 0 unspecified atom stereocenters. The topological polar surface area (TPSA) is 119 Å². The van der Waals surface area contributed by atoms with Gasteiger partial charge in [-0.25, -0.2) is 9.59 Å². The fourth-order valence-corrected chi connectivity index (χ4v) is 4.83. The Labute approximate surface area is 265 Å². The molecule has 1 aliphatic heterocycles. The molecule has 0 atom stereocenters. The number of likely N-dealkylation sites (N-methyl/N-ethyl adjacent to an activating group) is 1. The highest BCUT2D eigenvalue weighted by Gasteiger charge is 2.20. The van der Waals surface area contributed by atoms with Crippen molar-refractivity contribution < 1.29 is 19.1 Å². The standard InChI is InChI=1S/C34H45N7O4/c1-34(2,3)45-33(44)38-29-13-9-8-12-28(29)37-31(42)30-15-14-27(24-36-30)25-41(23-22-40-20-18-39(4)19-21-40)32(43)35-17-16-26-10-6-5-7-11-26/h5-15,24H,16-23,25H2,1-4H3,(H,35,43)(H,37,42)(H,38,44). The summed E-state index contributed by atoms with van der Waals surface area (Å²) < 4.78 is 5.33. The molecule has 4 rings (SSSR count). The molecule has 11 heteroatoms. The summed E-state index contributed by atoms with van der Waals surface area (Å²) in [4.78, 5) is 49.5. The minimum atomic E-state index is -0.656. The van der Waals surface area contributed by atoms with Gasteiger partial charge in [0.25, 0.3) is 5.91 Å². The maximum atomic E-state index is 13.3. The van der Waals surface area contributed by atoms with E-state index >= 15 is 0 Å². The van der Waals surface area contributed by atoms with Crippen molar-refractivity contribution in [3.8, 4) is 0 Å². The number of carbonyl (C=O) groups is 3. The molecule has 3 N–H and O–H groups in total. The lowest BCUT2D eigenvalue weighted by molar-refractivity contribution is 0.0635. The third kappa shape index (κ3) is 11.2. The molecule has 1 saturated heterocycles. The van der Waals surface area contributed by atoms with Gasteiger partial charge in [-0.1, -0.05) is 48.5 Å². The van der Waals surface area contributed by atoms with Crippen molar-refractivity contribution in [1.82, 2.24) is 25.0 Å². The van der Waals surface area contributed by atoms with Crippen LogP contribution >= 0.6 is 0 Å². The van der Waals surface area contributed by atoms with Crippen LogP contribution < -0.4 is 16.0 Å². The fraction of sp³-hybridized carbons (Fsp3) is 0.412. The molecule has 0 bridgehead atoms. The summed E-state index contributed by atoms with van der Waals surface area (Å²) in [5.74, 6) is -0.425. The number of rotatable bonds is 11. The average molecular weight is 616 g/mol. The largest absolute Gasteiger partial charge is 0.444 e. The quantitative estimate of drug-likeness (QED) is 0.287. The van der Waals surface area contributed by atoms with Crippen LogP contribution in [-0.4, -0.2) is 96.2 Å². The van der Waals surface area contributed by atoms with Crippen LogP contribution in [0, 0.1) is 0 Å². The number of carbonyl (C=O) groups excluding carboxylic acids is 3. The van der Waals surface area contributed by atoms with E-state index in [0.29, 0.717) is 31.0 Å². The van der Waals surface area contributed by atoms with Crippen LogP contribution in [0.4, 0.5) is 21.0 Å². The molecule has 4 amide bonds. The van der Waals surface area contributed by atoms with E-state index in [1.165, 1.54) is 5.56 Å². The number of anilines is 2. The lowest BCUT2D eigenvalue weighted by Crippen LogP contribution is -2.49. The third-order valence-electron chi connectivity index (χ3n) is 7.34. The average Bonchev–Trinajstić information content (AvgIpc) is 3.01. The van der Waals surface area contributed by atoms with Crippen molar-refractivity contribution in [2.24, 2.45) is 0 Å². The molecule has 1 aromatic heterocycles. The van der Waals surface area contributed by atoms with Gasteiger partial charge in [0.2, 0.25) is 0 Å². The van der Waals surface area contributed by atoms with Crippen molar-refractivity contribution in [3.05, 3.63) is 89.7 Å². The second kappa shape index (κ2) is 16.0. The van der Waals surface area contributed by atoms with Gasteiger partial charge in [-0.3, -0.25) is 20.0 Å². The van der Waals surface area contributed by atoms with Gasteiger partial charge in [-0.15, -0.1) is 0 Å². The van der Waals surface area contributed by atoms with Crippen LogP contribution in [0.1, 0.15) is 42.4 Å². The second-order valence-electron chi connectivity index (χ2n) is 12.2. The summed E-state index contributed by atoms with van der Waals surface area (Å²) in [7, 11) is 2.13. The SMILES string of the molecule is CN1CCN(CCN(Cc2ccc(C(=O)Nc3ccccc3NC(=O)OC(C)(C)C)nc2)C(=O)NCCc2ccccc2)CC1. The molecule has 2 heterocycles. The highest BCUT2D eigenvalue weighted by molar-refractivity contribution is 6.05. The first kappa shape index (κ1) is 33.4. The van der Waals surface area contributed by atoms with Crippen molar-refractivity contribution >= 4 is 29.4 Å². The first-order valence-corrected chi connectivity index (χ1v) is 15.4. The molecule has 2 aromatic carbocycles. The number of hydrogen-bond acceptors (Lipinski definition) is 7. The summed E-state index contributed by atoms with van der Waals surface area (Å²) in [6.45, 7) is 11.6. The van der Waals surface area contributed by atoms with Gasteiger partial charge in [0.15, 0.2) is 0 Å². The number of amides is 4. The molecule has 11 nitrogen and oxygen atoms in total. The van der Waals surface area contributed by atoms with E-state index in [1.807, 2.05) is 24.3 Å². The Balaban J connectivity index is 1.37. The molecule has 0 radical (unpaired) electrons. The zero-order valence-electron chi connectivity index (χ0n) is 26.7. The maximum Gasteiger partial charge on any atom is 0.412 e. The minimum absolute atomic E-state index is 0.129. The van der Waals surface area contributed by atoms with E-state index in [4.69, 9.17) is 4.74 Å². The monoisotopic (exact) mass is 615 g/mol. The van der Waals surface area contributed by atoms with Crippen LogP contribution in [0.3, 0.4) is 0 Å². The number of urea groups is 1. The number of benzene rings is 2. The molecule has 240 valence electrons. The van der Waals surface area contributed by atoms with Crippen molar-refractivity contribution in [2.45, 2.75) is 39.3 Å². The first-order chi connectivity index (χ1) is 21.6. The van der Waals surface area contributed by atoms with E-state index in [-0.39, 0.29) is 11.7 Å². The van der Waals surface area contributed by atoms with E-state index in [1.54, 1.807) is 62.2 Å². The number of para-hydroxylation sites is 2. The van der Waals surface area contributed by atoms with Gasteiger partial charge in [0.1, 0.15) is 11.3 Å². The molecule has 0 aliphatic carbocycles. The van der Waals surface area contributed by atoms with Crippen LogP contribution in [-0.2, 0) is 17.7 Å². The molecule has 45 heavy (non-hydrogen) atoms. The van der Waals surface area contributed by atoms with Gasteiger partial charge < -0.3 is 25.2 Å². The van der Waals surface area contributed by atoms with Crippen LogP contribution in [0.25, 0.3) is 0 Å². The Hall–Kier alpha value is -4.48. The molecular weight excluding hydrogens is 570 g/mol. The van der Waals surface area contributed by atoms with Crippen LogP contribution in [0.15, 0.2) is 72.9 Å². The highest BCUT2D eigenvalue weighted by Crippen LogP contribution is 2.23. The van der Waals surface area contributed by atoms with Gasteiger partial charge >= 0.3 is 12.1 Å². The summed E-state index contributed by atoms with van der Waals surface area (Å²) in [5.41, 5.74) is 2.37. The fourth-order valence-electron chi connectivity index (χ4n) is 4.83. The zero-order chi connectivity index (χ0) is 32.2. The molecule has 1 fully saturated rings. The maximum absolute atomic E-state index is 13.3. The Morgan fingerprint density at radius 2 is 1.53 bits per heavy atom. The number of nitrogens with one attached hydrogen (secondary N) is 3. The van der Waals surface area contributed by atoms with E-state index in [2.05, 4.69) is 49.9 Å². The number of pyridine rings is 1. The van der Waals surface area contributed by atoms with Crippen molar-refractivity contribution in [2.75, 3.05) is 63.5 Å². The van der Waals surface area contributed by atoms with Crippen molar-refractivity contribution in [3.63, 3.8) is 0 Å². The van der Waals surface area contributed by atoms with Crippen LogP contribution in [0.2, 0.25) is 0 Å². The number of aromatic nitrogens is 1. The molecular formula is C34H45N7O4. The summed E-state index contributed by atoms with van der Waals surface area (Å²) >= 11 is 0. The molecule has 0 spiro atoms.